The van der Waals surface area contributed by atoms with Crippen molar-refractivity contribution in [1.29, 1.82) is 0 Å². The van der Waals surface area contributed by atoms with Gasteiger partial charge in [0.2, 0.25) is 5.91 Å². The van der Waals surface area contributed by atoms with Crippen LogP contribution in [0.15, 0.2) is 18.2 Å². The number of carbonyl (C=O) groups is 3. The molecule has 1 fully saturated rings. The molecule has 2 heterocycles. The van der Waals surface area contributed by atoms with Gasteiger partial charge in [-0.1, -0.05) is 6.07 Å². The number of ether oxygens (including phenoxy) is 2. The molecule has 1 aliphatic rings. The maximum atomic E-state index is 12.2. The number of rotatable bonds is 5. The van der Waals surface area contributed by atoms with E-state index in [-0.39, 0.29) is 23.6 Å². The molecule has 1 aliphatic heterocycles. The first-order valence-corrected chi connectivity index (χ1v) is 9.51. The standard InChI is InChI=1S/C20H29N3O5/c1-20(2,3)28-19(26)23-12-6-7-14(13-23)10-11-17(24)22-16-9-5-8-15(21-16)18(25)27-4/h5,8-9,14H,6-7,10-13H2,1-4H3,(H,21,22,24). The Kier molecular flexibility index (Phi) is 7.37. The molecule has 0 radical (unpaired) electrons. The largest absolute Gasteiger partial charge is 0.464 e. The molecular formula is C20H29N3O5. The molecule has 1 aromatic heterocycles. The second-order valence-electron chi connectivity index (χ2n) is 7.92. The van der Waals surface area contributed by atoms with Crippen LogP contribution >= 0.6 is 0 Å². The minimum absolute atomic E-state index is 0.139. The van der Waals surface area contributed by atoms with Gasteiger partial charge in [0.15, 0.2) is 5.69 Å². The second kappa shape index (κ2) is 9.52. The van der Waals surface area contributed by atoms with Gasteiger partial charge in [-0.3, -0.25) is 4.79 Å². The lowest BCUT2D eigenvalue weighted by molar-refractivity contribution is -0.116. The zero-order valence-corrected chi connectivity index (χ0v) is 17.0. The van der Waals surface area contributed by atoms with Gasteiger partial charge >= 0.3 is 12.1 Å². The predicted molar refractivity (Wildman–Crippen MR) is 104 cm³/mol. The Hall–Kier alpha value is -2.64. The lowest BCUT2D eigenvalue weighted by Crippen LogP contribution is -2.43. The molecule has 28 heavy (non-hydrogen) atoms. The van der Waals surface area contributed by atoms with Crippen molar-refractivity contribution in [2.45, 2.75) is 52.1 Å². The average molecular weight is 391 g/mol. The molecule has 0 aliphatic carbocycles. The number of hydrogen-bond donors (Lipinski definition) is 1. The maximum absolute atomic E-state index is 12.2. The number of carbonyl (C=O) groups excluding carboxylic acids is 3. The fourth-order valence-corrected chi connectivity index (χ4v) is 3.06. The summed E-state index contributed by atoms with van der Waals surface area (Å²) in [6, 6.07) is 4.78. The molecule has 1 unspecified atom stereocenters. The Morgan fingerprint density at radius 2 is 2.04 bits per heavy atom. The molecule has 1 aromatic rings. The van der Waals surface area contributed by atoms with Gasteiger partial charge in [0.25, 0.3) is 0 Å². The highest BCUT2D eigenvalue weighted by molar-refractivity contribution is 5.91. The molecule has 0 bridgehead atoms. The van der Waals surface area contributed by atoms with Gasteiger partial charge in [-0.15, -0.1) is 0 Å². The molecule has 154 valence electrons. The van der Waals surface area contributed by atoms with E-state index in [0.29, 0.717) is 31.7 Å². The first-order chi connectivity index (χ1) is 13.2. The number of amides is 2. The van der Waals surface area contributed by atoms with Crippen LogP contribution in [-0.2, 0) is 14.3 Å². The van der Waals surface area contributed by atoms with Crippen LogP contribution in [0.2, 0.25) is 0 Å². The third kappa shape index (κ3) is 6.83. The summed E-state index contributed by atoms with van der Waals surface area (Å²) in [4.78, 5) is 41.8. The summed E-state index contributed by atoms with van der Waals surface area (Å²) in [7, 11) is 1.28. The molecule has 0 spiro atoms. The third-order valence-electron chi connectivity index (χ3n) is 4.36. The summed E-state index contributed by atoms with van der Waals surface area (Å²) in [6.07, 6.45) is 2.56. The van der Waals surface area contributed by atoms with Crippen molar-refractivity contribution in [2.75, 3.05) is 25.5 Å². The van der Waals surface area contributed by atoms with E-state index in [1.165, 1.54) is 13.2 Å². The summed E-state index contributed by atoms with van der Waals surface area (Å²) in [5.74, 6) is -0.169. The lowest BCUT2D eigenvalue weighted by Gasteiger charge is -2.34. The predicted octanol–water partition coefficient (Wildman–Crippen LogP) is 3.23. The van der Waals surface area contributed by atoms with Crippen molar-refractivity contribution >= 4 is 23.8 Å². The number of methoxy groups -OCH3 is 1. The van der Waals surface area contributed by atoms with Crippen LogP contribution in [0.5, 0.6) is 0 Å². The summed E-state index contributed by atoms with van der Waals surface area (Å²) >= 11 is 0. The SMILES string of the molecule is COC(=O)c1cccc(NC(=O)CCC2CCCN(C(=O)OC(C)(C)C)C2)n1. The van der Waals surface area contributed by atoms with Crippen molar-refractivity contribution in [2.24, 2.45) is 5.92 Å². The van der Waals surface area contributed by atoms with Crippen LogP contribution in [0, 0.1) is 5.92 Å². The Morgan fingerprint density at radius 1 is 1.29 bits per heavy atom. The van der Waals surface area contributed by atoms with E-state index < -0.39 is 11.6 Å². The number of pyridine rings is 1. The smallest absolute Gasteiger partial charge is 0.410 e. The molecule has 1 saturated heterocycles. The van der Waals surface area contributed by atoms with Crippen LogP contribution in [0.1, 0.15) is 56.9 Å². The number of anilines is 1. The van der Waals surface area contributed by atoms with Gasteiger partial charge in [0, 0.05) is 19.5 Å². The molecule has 8 heteroatoms. The van der Waals surface area contributed by atoms with E-state index in [0.717, 1.165) is 12.8 Å². The Morgan fingerprint density at radius 3 is 2.71 bits per heavy atom. The maximum Gasteiger partial charge on any atom is 0.410 e. The highest BCUT2D eigenvalue weighted by atomic mass is 16.6. The van der Waals surface area contributed by atoms with Gasteiger partial charge in [-0.05, 0) is 58.1 Å². The normalized spacial score (nSPS) is 17.0. The quantitative estimate of drug-likeness (QED) is 0.774. The van der Waals surface area contributed by atoms with Crippen molar-refractivity contribution in [3.63, 3.8) is 0 Å². The number of esters is 1. The lowest BCUT2D eigenvalue weighted by atomic mass is 9.93. The fourth-order valence-electron chi connectivity index (χ4n) is 3.06. The highest BCUT2D eigenvalue weighted by Gasteiger charge is 2.27. The van der Waals surface area contributed by atoms with Crippen molar-refractivity contribution in [3.05, 3.63) is 23.9 Å². The Bertz CT molecular complexity index is 714. The number of nitrogens with one attached hydrogen (secondary N) is 1. The number of piperidine rings is 1. The number of likely N-dealkylation sites (tertiary alicyclic amines) is 1. The van der Waals surface area contributed by atoms with Crippen LogP contribution in [0.4, 0.5) is 10.6 Å². The molecule has 0 aromatic carbocycles. The molecule has 2 rings (SSSR count). The van der Waals surface area contributed by atoms with Crippen molar-refractivity contribution in [3.8, 4) is 0 Å². The zero-order valence-electron chi connectivity index (χ0n) is 17.0. The van der Waals surface area contributed by atoms with E-state index in [1.54, 1.807) is 17.0 Å². The minimum Gasteiger partial charge on any atom is -0.464 e. The summed E-state index contributed by atoms with van der Waals surface area (Å²) < 4.78 is 10.1. The second-order valence-corrected chi connectivity index (χ2v) is 7.92. The molecule has 8 nitrogen and oxygen atoms in total. The monoisotopic (exact) mass is 391 g/mol. The van der Waals surface area contributed by atoms with Gasteiger partial charge in [0.1, 0.15) is 11.4 Å². The van der Waals surface area contributed by atoms with E-state index in [4.69, 9.17) is 4.74 Å². The molecule has 1 atom stereocenters. The van der Waals surface area contributed by atoms with Crippen LogP contribution in [0.3, 0.4) is 0 Å². The van der Waals surface area contributed by atoms with Crippen LogP contribution in [0.25, 0.3) is 0 Å². The fraction of sp³-hybridized carbons (Fsp3) is 0.600. The summed E-state index contributed by atoms with van der Waals surface area (Å²) in [5, 5.41) is 2.70. The number of nitrogens with zero attached hydrogens (tertiary/aromatic N) is 2. The van der Waals surface area contributed by atoms with E-state index in [1.807, 2.05) is 20.8 Å². The van der Waals surface area contributed by atoms with Gasteiger partial charge in [-0.25, -0.2) is 14.6 Å². The molecular weight excluding hydrogens is 362 g/mol. The summed E-state index contributed by atoms with van der Waals surface area (Å²) in [5.41, 5.74) is -0.379. The van der Waals surface area contributed by atoms with E-state index in [2.05, 4.69) is 15.0 Å². The van der Waals surface area contributed by atoms with Crippen LogP contribution in [-0.4, -0.2) is 53.7 Å². The zero-order chi connectivity index (χ0) is 20.7. The Labute approximate surface area is 165 Å². The van der Waals surface area contributed by atoms with Crippen molar-refractivity contribution < 1.29 is 23.9 Å². The molecule has 1 N–H and O–H groups in total. The van der Waals surface area contributed by atoms with Crippen LogP contribution < -0.4 is 5.32 Å². The number of aromatic nitrogens is 1. The van der Waals surface area contributed by atoms with Gasteiger partial charge < -0.3 is 19.7 Å². The third-order valence-corrected chi connectivity index (χ3v) is 4.36. The van der Waals surface area contributed by atoms with Gasteiger partial charge in [-0.2, -0.15) is 0 Å². The average Bonchev–Trinajstić information content (AvgIpc) is 2.65. The van der Waals surface area contributed by atoms with Gasteiger partial charge in [0.05, 0.1) is 7.11 Å². The molecule has 0 saturated carbocycles. The Balaban J connectivity index is 1.82. The minimum atomic E-state index is -0.555. The first kappa shape index (κ1) is 21.7. The topological polar surface area (TPSA) is 97.8 Å². The first-order valence-electron chi connectivity index (χ1n) is 9.51. The van der Waals surface area contributed by atoms with E-state index in [9.17, 15) is 14.4 Å². The number of hydrogen-bond acceptors (Lipinski definition) is 6. The molecule has 2 amide bonds. The van der Waals surface area contributed by atoms with Crippen molar-refractivity contribution in [1.82, 2.24) is 9.88 Å². The summed E-state index contributed by atoms with van der Waals surface area (Å²) in [6.45, 7) is 6.82. The van der Waals surface area contributed by atoms with E-state index >= 15 is 0 Å². The highest BCUT2D eigenvalue weighted by Crippen LogP contribution is 2.23.